The van der Waals surface area contributed by atoms with Crippen LogP contribution in [0.5, 0.6) is 0 Å². The number of ether oxygens (including phenoxy) is 10. The van der Waals surface area contributed by atoms with Crippen molar-refractivity contribution in [1.82, 2.24) is 0 Å². The molecule has 1 unspecified atom stereocenters. The highest BCUT2D eigenvalue weighted by atomic mass is 16.6. The Morgan fingerprint density at radius 1 is 0.423 bits per heavy atom. The van der Waals surface area contributed by atoms with Crippen LogP contribution in [0.4, 0.5) is 0 Å². The lowest BCUT2D eigenvalue weighted by molar-refractivity contribution is -0.157. The Hall–Kier alpha value is -3.55. The molecule has 0 aromatic carbocycles. The average Bonchev–Trinajstić information content (AvgIpc) is 3.10. The summed E-state index contributed by atoms with van der Waals surface area (Å²) in [5.41, 5.74) is -1.56. The van der Waals surface area contributed by atoms with Gasteiger partial charge in [0.1, 0.15) is 26.4 Å². The van der Waals surface area contributed by atoms with Gasteiger partial charge >= 0.3 is 23.9 Å². The summed E-state index contributed by atoms with van der Waals surface area (Å²) >= 11 is 0. The van der Waals surface area contributed by atoms with E-state index in [1.165, 1.54) is 20.8 Å². The molecule has 1 atom stereocenters. The summed E-state index contributed by atoms with van der Waals surface area (Å²) in [7, 11) is 0. The molecule has 0 aromatic rings. The number of aliphatic hydroxyl groups excluding tert-OH is 2. The molecule has 0 aliphatic heterocycles. The zero-order valence-corrected chi connectivity index (χ0v) is 30.9. The molecule has 0 radical (unpaired) electrons. The van der Waals surface area contributed by atoms with E-state index in [-0.39, 0.29) is 129 Å². The molecule has 17 nitrogen and oxygen atoms in total. The largest absolute Gasteiger partial charge is 0.460 e. The summed E-state index contributed by atoms with van der Waals surface area (Å²) < 4.78 is 55.0. The van der Waals surface area contributed by atoms with Crippen LogP contribution in [0, 0.1) is 10.8 Å². The molecule has 0 heterocycles. The van der Waals surface area contributed by atoms with Crippen LogP contribution in [0.1, 0.15) is 27.7 Å². The monoisotopic (exact) mass is 748 g/mol. The van der Waals surface area contributed by atoms with Gasteiger partial charge in [-0.2, -0.15) is 0 Å². The highest BCUT2D eigenvalue weighted by Gasteiger charge is 2.36. The minimum absolute atomic E-state index is 0.000331. The number of hydrogen-bond acceptors (Lipinski definition) is 17. The lowest BCUT2D eigenvalue weighted by Gasteiger charge is -2.36. The van der Waals surface area contributed by atoms with Crippen molar-refractivity contribution in [2.75, 3.05) is 119 Å². The van der Waals surface area contributed by atoms with Crippen molar-refractivity contribution in [2.45, 2.75) is 27.7 Å². The van der Waals surface area contributed by atoms with E-state index in [2.05, 4.69) is 19.7 Å². The van der Waals surface area contributed by atoms with E-state index < -0.39 is 47.1 Å². The van der Waals surface area contributed by atoms with Gasteiger partial charge in [-0.1, -0.05) is 19.7 Å². The van der Waals surface area contributed by atoms with Gasteiger partial charge < -0.3 is 57.6 Å². The van der Waals surface area contributed by atoms with Crippen molar-refractivity contribution in [1.29, 1.82) is 0 Å². The number of esters is 4. The maximum atomic E-state index is 11.8. The summed E-state index contributed by atoms with van der Waals surface area (Å²) in [5.74, 6) is -3.53. The Labute approximate surface area is 305 Å². The maximum absolute atomic E-state index is 11.8. The molecule has 0 aromatic heterocycles. The van der Waals surface area contributed by atoms with Crippen LogP contribution in [-0.4, -0.2) is 159 Å². The average molecular weight is 749 g/mol. The van der Waals surface area contributed by atoms with Crippen LogP contribution in [0.15, 0.2) is 36.5 Å². The molecule has 0 saturated carbocycles. The number of ketones is 1. The van der Waals surface area contributed by atoms with Gasteiger partial charge in [0.25, 0.3) is 0 Å². The zero-order chi connectivity index (χ0) is 39.4. The molecule has 0 aliphatic rings. The highest BCUT2D eigenvalue weighted by molar-refractivity contribution is 6.32. The van der Waals surface area contributed by atoms with Crippen molar-refractivity contribution in [2.24, 2.45) is 10.8 Å². The van der Waals surface area contributed by atoms with Gasteiger partial charge in [-0.3, -0.25) is 4.79 Å². The van der Waals surface area contributed by atoms with E-state index in [9.17, 15) is 34.2 Å². The Morgan fingerprint density at radius 2 is 0.712 bits per heavy atom. The summed E-state index contributed by atoms with van der Waals surface area (Å²) in [6.07, 6.45) is 0. The highest BCUT2D eigenvalue weighted by Crippen LogP contribution is 2.25. The van der Waals surface area contributed by atoms with Gasteiger partial charge in [-0.15, -0.1) is 0 Å². The van der Waals surface area contributed by atoms with Crippen molar-refractivity contribution in [3.63, 3.8) is 0 Å². The molecule has 17 heteroatoms. The Balaban J connectivity index is 5.94. The van der Waals surface area contributed by atoms with Gasteiger partial charge in [-0.05, 0) is 20.8 Å². The summed E-state index contributed by atoms with van der Waals surface area (Å²) in [6.45, 7) is 14.2. The quantitative estimate of drug-likeness (QED) is 0.0308. The number of carbonyl (C=O) groups is 5. The molecule has 0 spiro atoms. The zero-order valence-electron chi connectivity index (χ0n) is 30.9. The van der Waals surface area contributed by atoms with Crippen LogP contribution in [-0.2, 0) is 71.3 Å². The predicted octanol–water partition coefficient (Wildman–Crippen LogP) is 0.534. The smallest absolute Gasteiger partial charge is 0.374 e. The van der Waals surface area contributed by atoms with E-state index >= 15 is 0 Å². The van der Waals surface area contributed by atoms with Crippen molar-refractivity contribution in [3.05, 3.63) is 36.5 Å². The first-order valence-corrected chi connectivity index (χ1v) is 16.5. The lowest BCUT2D eigenvalue weighted by atomic mass is 9.90. The molecular formula is C35H56O17. The Kier molecular flexibility index (Phi) is 26.1. The van der Waals surface area contributed by atoms with Gasteiger partial charge in [0.05, 0.1) is 103 Å². The number of hydrogen-bond donors (Lipinski definition) is 2. The second-order valence-corrected chi connectivity index (χ2v) is 12.1. The molecule has 0 aliphatic carbocycles. The molecule has 298 valence electrons. The molecule has 52 heavy (non-hydrogen) atoms. The first-order chi connectivity index (χ1) is 24.6. The maximum Gasteiger partial charge on any atom is 0.374 e. The van der Waals surface area contributed by atoms with E-state index in [1.807, 2.05) is 0 Å². The minimum Gasteiger partial charge on any atom is -0.460 e. The Morgan fingerprint density at radius 3 is 1.02 bits per heavy atom. The topological polar surface area (TPSA) is 218 Å². The van der Waals surface area contributed by atoms with Gasteiger partial charge in [0.2, 0.25) is 5.78 Å². The van der Waals surface area contributed by atoms with Crippen LogP contribution in [0.25, 0.3) is 0 Å². The summed E-state index contributed by atoms with van der Waals surface area (Å²) in [5, 5.41) is 19.7. The second-order valence-electron chi connectivity index (χ2n) is 12.1. The van der Waals surface area contributed by atoms with E-state index in [1.54, 1.807) is 0 Å². The number of rotatable bonds is 33. The van der Waals surface area contributed by atoms with Gasteiger partial charge in [0, 0.05) is 23.6 Å². The molecular weight excluding hydrogens is 692 g/mol. The van der Waals surface area contributed by atoms with Crippen LogP contribution in [0.2, 0.25) is 0 Å². The minimum atomic E-state index is -1.13. The first-order valence-electron chi connectivity index (χ1n) is 16.5. The molecule has 0 fully saturated rings. The van der Waals surface area contributed by atoms with Gasteiger partial charge in [-0.25, -0.2) is 19.2 Å². The van der Waals surface area contributed by atoms with E-state index in [0.29, 0.717) is 0 Å². The molecule has 0 bridgehead atoms. The van der Waals surface area contributed by atoms with Crippen LogP contribution < -0.4 is 0 Å². The van der Waals surface area contributed by atoms with Crippen LogP contribution >= 0.6 is 0 Å². The molecule has 0 amide bonds. The fourth-order valence-electron chi connectivity index (χ4n) is 3.75. The number of carbonyl (C=O) groups excluding carboxylic acids is 5. The van der Waals surface area contributed by atoms with E-state index in [0.717, 1.165) is 6.92 Å². The molecule has 0 saturated heterocycles. The lowest BCUT2D eigenvalue weighted by Crippen LogP contribution is -2.46. The fraction of sp³-hybridized carbons (Fsp3) is 0.686. The number of aliphatic hydroxyl groups is 2. The van der Waals surface area contributed by atoms with Crippen molar-refractivity contribution in [3.8, 4) is 0 Å². The van der Waals surface area contributed by atoms with E-state index in [4.69, 9.17) is 47.4 Å². The van der Waals surface area contributed by atoms with Crippen molar-refractivity contribution < 1.29 is 81.6 Å². The molecule has 2 N–H and O–H groups in total. The first kappa shape index (κ1) is 48.5. The van der Waals surface area contributed by atoms with Crippen molar-refractivity contribution >= 4 is 29.7 Å². The predicted molar refractivity (Wildman–Crippen MR) is 183 cm³/mol. The summed E-state index contributed by atoms with van der Waals surface area (Å²) in [6, 6.07) is 0. The van der Waals surface area contributed by atoms with Gasteiger partial charge in [0.15, 0.2) is 0 Å². The third-order valence-corrected chi connectivity index (χ3v) is 6.60. The molecule has 0 rings (SSSR count). The third kappa shape index (κ3) is 22.4. The normalized spacial score (nSPS) is 12.3. The van der Waals surface area contributed by atoms with Crippen LogP contribution in [0.3, 0.4) is 0 Å². The Bertz CT molecular complexity index is 1060. The SMILES string of the molecule is C=C(C)C(=O)OCCOCC(CO)(COCCO)COCC(COCCOC(=O)C(=C)C)(COCCOC(=O)C(=C)C)COCCOC(=O)C(C)=O. The second kappa shape index (κ2) is 28.0. The number of Topliss-reactive ketones (excluding diaryl/α,β-unsaturated/α-hetero) is 1. The standard InChI is InChI=1S/C35H56O17/c1-26(2)30(39)49-14-10-44-20-34(18-37,19-43-9-8-36)21-48-25-35(22-45-11-15-50-31(40)27(3)4,23-46-12-16-51-32(41)28(5)6)24-47-13-17-52-33(42)29(7)38/h36-37H,1,3,5,8-25H2,2,4,6-7H3. The summed E-state index contributed by atoms with van der Waals surface area (Å²) in [4.78, 5) is 58.1. The third-order valence-electron chi connectivity index (χ3n) is 6.60. The fourth-order valence-corrected chi connectivity index (χ4v) is 3.75.